The molecule has 0 bridgehead atoms. The number of nitriles is 1. The second-order valence-corrected chi connectivity index (χ2v) is 5.93. The van der Waals surface area contributed by atoms with Crippen LogP contribution < -0.4 is 4.90 Å². The first kappa shape index (κ1) is 15.9. The van der Waals surface area contributed by atoms with E-state index < -0.39 is 0 Å². The highest BCUT2D eigenvalue weighted by molar-refractivity contribution is 5.60. The van der Waals surface area contributed by atoms with E-state index in [1.54, 1.807) is 11.1 Å². The van der Waals surface area contributed by atoms with Gasteiger partial charge in [-0.15, -0.1) is 0 Å². The Morgan fingerprint density at radius 1 is 1.19 bits per heavy atom. The van der Waals surface area contributed by atoms with Crippen molar-refractivity contribution >= 4 is 12.0 Å². The fourth-order valence-electron chi connectivity index (χ4n) is 2.91. The zero-order valence-electron chi connectivity index (χ0n) is 14.1. The van der Waals surface area contributed by atoms with Gasteiger partial charge in [-0.1, -0.05) is 12.0 Å². The molecule has 1 aromatic heterocycles. The van der Waals surface area contributed by atoms with Crippen LogP contribution in [0, 0.1) is 23.2 Å². The predicted octanol–water partition coefficient (Wildman–Crippen LogP) is 2.86. The maximum atomic E-state index is 9.23. The summed E-state index contributed by atoms with van der Waals surface area (Å²) in [5, 5.41) is 9.23. The van der Waals surface area contributed by atoms with Crippen LogP contribution in [0.3, 0.4) is 0 Å². The van der Waals surface area contributed by atoms with Crippen molar-refractivity contribution in [1.29, 1.82) is 5.26 Å². The zero-order chi connectivity index (χ0) is 17.8. The number of hydrogen-bond donors (Lipinski definition) is 0. The van der Waals surface area contributed by atoms with Gasteiger partial charge in [0.1, 0.15) is 12.1 Å². The van der Waals surface area contributed by atoms with Gasteiger partial charge in [0.15, 0.2) is 11.5 Å². The van der Waals surface area contributed by atoms with Crippen molar-refractivity contribution in [3.8, 4) is 17.9 Å². The average molecular weight is 340 g/mol. The Hall–Kier alpha value is -3.64. The maximum absolute atomic E-state index is 9.23. The molecule has 0 saturated carbocycles. The molecule has 0 spiro atoms. The summed E-state index contributed by atoms with van der Waals surface area (Å²) in [5.74, 6) is 7.01. The van der Waals surface area contributed by atoms with Gasteiger partial charge in [0.2, 0.25) is 0 Å². The van der Waals surface area contributed by atoms with E-state index in [9.17, 15) is 5.26 Å². The van der Waals surface area contributed by atoms with E-state index >= 15 is 0 Å². The number of anilines is 1. The van der Waals surface area contributed by atoms with Crippen LogP contribution in [0.25, 0.3) is 0 Å². The van der Waals surface area contributed by atoms with Crippen molar-refractivity contribution < 1.29 is 0 Å². The molecule has 3 aliphatic heterocycles. The third-order valence-electron chi connectivity index (χ3n) is 4.20. The van der Waals surface area contributed by atoms with E-state index in [0.717, 1.165) is 30.7 Å². The molecule has 26 heavy (non-hydrogen) atoms. The van der Waals surface area contributed by atoms with Crippen molar-refractivity contribution in [3.63, 3.8) is 0 Å². The molecular weight excluding hydrogens is 324 g/mol. The van der Waals surface area contributed by atoms with Gasteiger partial charge in [-0.3, -0.25) is 4.99 Å². The smallest absolute Gasteiger partial charge is 0.183 e. The third-order valence-corrected chi connectivity index (χ3v) is 4.20. The van der Waals surface area contributed by atoms with Crippen molar-refractivity contribution in [2.24, 2.45) is 4.99 Å². The maximum Gasteiger partial charge on any atom is 0.183 e. The van der Waals surface area contributed by atoms with Gasteiger partial charge in [-0.25, -0.2) is 9.97 Å². The molecule has 0 fully saturated rings. The highest BCUT2D eigenvalue weighted by Gasteiger charge is 2.20. The monoisotopic (exact) mass is 340 g/mol. The summed E-state index contributed by atoms with van der Waals surface area (Å²) in [5.41, 5.74) is 2.13. The number of nitrogens with zero attached hydrogens (tertiary/aromatic N) is 6. The van der Waals surface area contributed by atoms with E-state index in [0.29, 0.717) is 5.82 Å². The standard InChI is InChI=1S/C20H16N6/c21-14-19-20(24-11-10-23-19)25-12-13-26-17(5-3-6-18(26)15-25)8-7-16-4-1-2-9-22-16/h3,5-6,9-13,15-16H,1-2,4H2. The highest BCUT2D eigenvalue weighted by atomic mass is 15.2. The molecule has 1 atom stereocenters. The van der Waals surface area contributed by atoms with Crippen LogP contribution in [-0.2, 0) is 0 Å². The largest absolute Gasteiger partial charge is 0.307 e. The Bertz CT molecular complexity index is 964. The van der Waals surface area contributed by atoms with Gasteiger partial charge in [0.25, 0.3) is 0 Å². The molecule has 6 nitrogen and oxygen atoms in total. The number of hydrogen-bond acceptors (Lipinski definition) is 6. The molecular formula is C20H16N6. The topological polar surface area (TPSA) is 68.4 Å². The predicted molar refractivity (Wildman–Crippen MR) is 99.4 cm³/mol. The lowest BCUT2D eigenvalue weighted by Gasteiger charge is -2.30. The molecule has 126 valence electrons. The Morgan fingerprint density at radius 2 is 2.12 bits per heavy atom. The summed E-state index contributed by atoms with van der Waals surface area (Å²) < 4.78 is 0. The number of rotatable bonds is 1. The van der Waals surface area contributed by atoms with Crippen LogP contribution >= 0.6 is 0 Å². The summed E-state index contributed by atoms with van der Waals surface area (Å²) >= 11 is 0. The van der Waals surface area contributed by atoms with Crippen LogP contribution in [0.15, 0.2) is 65.6 Å². The van der Waals surface area contributed by atoms with E-state index in [2.05, 4.69) is 32.9 Å². The summed E-state index contributed by atoms with van der Waals surface area (Å²) in [6, 6.07) is 2.16. The molecule has 0 amide bonds. The zero-order valence-corrected chi connectivity index (χ0v) is 14.1. The number of fused-ring (bicyclic) bond motifs is 1. The Kier molecular flexibility index (Phi) is 4.32. The molecule has 6 heteroatoms. The molecule has 1 unspecified atom stereocenters. The van der Waals surface area contributed by atoms with E-state index in [1.165, 1.54) is 6.20 Å². The fourth-order valence-corrected chi connectivity index (χ4v) is 2.91. The first-order valence-electron chi connectivity index (χ1n) is 8.45. The summed E-state index contributed by atoms with van der Waals surface area (Å²) in [6.07, 6.45) is 19.9. The van der Waals surface area contributed by atoms with Crippen LogP contribution in [0.5, 0.6) is 0 Å². The third kappa shape index (κ3) is 3.13. The molecule has 0 aliphatic carbocycles. The SMILES string of the molecule is N#Cc1nccnc1N1C=CN2C(C#CC3CCCC=N3)=CC=CC2=C1. The van der Waals surface area contributed by atoms with Crippen LogP contribution in [0.4, 0.5) is 5.82 Å². The minimum Gasteiger partial charge on any atom is -0.307 e. The van der Waals surface area contributed by atoms with Gasteiger partial charge in [-0.05, 0) is 37.3 Å². The molecule has 0 N–H and O–H groups in total. The second-order valence-electron chi connectivity index (χ2n) is 5.93. The Labute approximate surface area is 152 Å². The summed E-state index contributed by atoms with van der Waals surface area (Å²) in [7, 11) is 0. The molecule has 4 rings (SSSR count). The summed E-state index contributed by atoms with van der Waals surface area (Å²) in [6.45, 7) is 0. The van der Waals surface area contributed by atoms with Crippen molar-refractivity contribution in [2.45, 2.75) is 25.3 Å². The van der Waals surface area contributed by atoms with Gasteiger partial charge in [-0.2, -0.15) is 5.26 Å². The lowest BCUT2D eigenvalue weighted by atomic mass is 10.1. The van der Waals surface area contributed by atoms with Crippen molar-refractivity contribution in [3.05, 3.63) is 66.3 Å². The quantitative estimate of drug-likeness (QED) is 0.735. The average Bonchev–Trinajstić information content (AvgIpc) is 2.72. The molecule has 0 saturated heterocycles. The Morgan fingerprint density at radius 3 is 2.96 bits per heavy atom. The number of aliphatic imine (C=N–C) groups is 1. The molecule has 1 aromatic rings. The Balaban J connectivity index is 1.58. The van der Waals surface area contributed by atoms with Crippen LogP contribution in [0.2, 0.25) is 0 Å². The van der Waals surface area contributed by atoms with Crippen molar-refractivity contribution in [1.82, 2.24) is 14.9 Å². The van der Waals surface area contributed by atoms with Crippen molar-refractivity contribution in [2.75, 3.05) is 4.90 Å². The minimum atomic E-state index is 0.0889. The van der Waals surface area contributed by atoms with Gasteiger partial charge >= 0.3 is 0 Å². The highest BCUT2D eigenvalue weighted by Crippen LogP contribution is 2.27. The lowest BCUT2D eigenvalue weighted by molar-refractivity contribution is 0.597. The first-order chi connectivity index (χ1) is 12.8. The van der Waals surface area contributed by atoms with Gasteiger partial charge in [0.05, 0.1) is 11.4 Å². The molecule has 4 heterocycles. The van der Waals surface area contributed by atoms with Gasteiger partial charge < -0.3 is 9.80 Å². The molecule has 0 aromatic carbocycles. The second kappa shape index (κ2) is 7.08. The van der Waals surface area contributed by atoms with Gasteiger partial charge in [0, 0.05) is 37.2 Å². The van der Waals surface area contributed by atoms with E-state index in [1.807, 2.05) is 47.9 Å². The lowest BCUT2D eigenvalue weighted by Crippen LogP contribution is -2.25. The summed E-state index contributed by atoms with van der Waals surface area (Å²) in [4.78, 5) is 16.6. The van der Waals surface area contributed by atoms with E-state index in [4.69, 9.17) is 0 Å². The normalized spacial score (nSPS) is 20.5. The minimum absolute atomic E-state index is 0.0889. The first-order valence-corrected chi connectivity index (χ1v) is 8.45. The van der Waals surface area contributed by atoms with Crippen LogP contribution in [0.1, 0.15) is 25.0 Å². The molecule has 3 aliphatic rings. The number of aromatic nitrogens is 2. The molecule has 0 radical (unpaired) electrons. The fraction of sp³-hybridized carbons (Fsp3) is 0.200. The van der Waals surface area contributed by atoms with E-state index in [-0.39, 0.29) is 11.7 Å². The number of allylic oxidation sites excluding steroid dienone is 4. The van der Waals surface area contributed by atoms with Crippen LogP contribution in [-0.4, -0.2) is 27.1 Å².